The van der Waals surface area contributed by atoms with Crippen molar-refractivity contribution in [3.63, 3.8) is 0 Å². The van der Waals surface area contributed by atoms with E-state index in [1.165, 1.54) is 0 Å². The van der Waals surface area contributed by atoms with Gasteiger partial charge in [-0.25, -0.2) is 0 Å². The molecule has 0 saturated carbocycles. The van der Waals surface area contributed by atoms with Gasteiger partial charge in [-0.05, 0) is 12.8 Å². The van der Waals surface area contributed by atoms with Crippen LogP contribution in [0.1, 0.15) is 12.8 Å². The number of nitrogens with one attached hydrogen (secondary N) is 1. The molecule has 1 amide bonds. The molecular formula is C11H18N6O. The second kappa shape index (κ2) is 5.07. The van der Waals surface area contributed by atoms with Crippen molar-refractivity contribution in [3.05, 3.63) is 6.07 Å². The number of hydrogen-bond acceptors (Lipinski definition) is 6. The predicted octanol–water partition coefficient (Wildman–Crippen LogP) is -0.198. The molecule has 1 aromatic rings. The summed E-state index contributed by atoms with van der Waals surface area (Å²) in [5.41, 5.74) is 11.0. The first-order valence-corrected chi connectivity index (χ1v) is 5.96. The predicted molar refractivity (Wildman–Crippen MR) is 70.1 cm³/mol. The number of amides is 1. The SMILES string of the molecule is CNc1cc(N2CCC(C(N)=O)CC2)nc(N)n1. The normalized spacial score (nSPS) is 16.6. The number of nitrogen functional groups attached to an aromatic ring is 1. The first-order chi connectivity index (χ1) is 8.60. The molecule has 0 bridgehead atoms. The van der Waals surface area contributed by atoms with Crippen LogP contribution in [0.3, 0.4) is 0 Å². The van der Waals surface area contributed by atoms with Gasteiger partial charge in [0.05, 0.1) is 0 Å². The van der Waals surface area contributed by atoms with Crippen LogP contribution in [0.15, 0.2) is 6.07 Å². The summed E-state index contributed by atoms with van der Waals surface area (Å²) in [5.74, 6) is 1.48. The van der Waals surface area contributed by atoms with Crippen LogP contribution in [0.2, 0.25) is 0 Å². The quantitative estimate of drug-likeness (QED) is 0.685. The van der Waals surface area contributed by atoms with Crippen molar-refractivity contribution in [3.8, 4) is 0 Å². The van der Waals surface area contributed by atoms with Crippen LogP contribution in [0.5, 0.6) is 0 Å². The molecule has 1 aliphatic heterocycles. The fourth-order valence-corrected chi connectivity index (χ4v) is 2.14. The molecule has 0 aliphatic carbocycles. The number of nitrogens with zero attached hydrogens (tertiary/aromatic N) is 3. The van der Waals surface area contributed by atoms with E-state index in [-0.39, 0.29) is 17.8 Å². The fourth-order valence-electron chi connectivity index (χ4n) is 2.14. The minimum absolute atomic E-state index is 0.0239. The highest BCUT2D eigenvalue weighted by atomic mass is 16.1. The highest BCUT2D eigenvalue weighted by Crippen LogP contribution is 2.23. The number of primary amides is 1. The Morgan fingerprint density at radius 2 is 2.11 bits per heavy atom. The first kappa shape index (κ1) is 12.4. The summed E-state index contributed by atoms with van der Waals surface area (Å²) in [6.07, 6.45) is 1.52. The molecule has 7 nitrogen and oxygen atoms in total. The first-order valence-electron chi connectivity index (χ1n) is 5.96. The average molecular weight is 250 g/mol. The maximum Gasteiger partial charge on any atom is 0.223 e. The Morgan fingerprint density at radius 3 is 2.67 bits per heavy atom. The third kappa shape index (κ3) is 2.61. The molecule has 1 saturated heterocycles. The fraction of sp³-hybridized carbons (Fsp3) is 0.545. The summed E-state index contributed by atoms with van der Waals surface area (Å²) in [5, 5.41) is 2.94. The summed E-state index contributed by atoms with van der Waals surface area (Å²) in [4.78, 5) is 21.5. The zero-order valence-electron chi connectivity index (χ0n) is 10.4. The van der Waals surface area contributed by atoms with E-state index < -0.39 is 0 Å². The number of hydrogen-bond donors (Lipinski definition) is 3. The monoisotopic (exact) mass is 250 g/mol. The average Bonchev–Trinajstić information content (AvgIpc) is 2.38. The number of aromatic nitrogens is 2. The maximum atomic E-state index is 11.1. The largest absolute Gasteiger partial charge is 0.373 e. The lowest BCUT2D eigenvalue weighted by molar-refractivity contribution is -0.122. The third-order valence-electron chi connectivity index (χ3n) is 3.21. The lowest BCUT2D eigenvalue weighted by Crippen LogP contribution is -2.39. The van der Waals surface area contributed by atoms with Crippen molar-refractivity contribution in [1.82, 2.24) is 9.97 Å². The molecule has 5 N–H and O–H groups in total. The molecule has 1 aliphatic rings. The molecule has 1 fully saturated rings. The van der Waals surface area contributed by atoms with Gasteiger partial charge in [-0.15, -0.1) is 0 Å². The van der Waals surface area contributed by atoms with Crippen molar-refractivity contribution in [2.24, 2.45) is 11.7 Å². The lowest BCUT2D eigenvalue weighted by atomic mass is 9.96. The van der Waals surface area contributed by atoms with E-state index in [4.69, 9.17) is 11.5 Å². The van der Waals surface area contributed by atoms with E-state index in [0.717, 1.165) is 31.7 Å². The molecule has 7 heteroatoms. The molecule has 2 rings (SSSR count). The second-order valence-corrected chi connectivity index (χ2v) is 4.38. The van der Waals surface area contributed by atoms with E-state index in [1.807, 2.05) is 6.07 Å². The number of nitrogens with two attached hydrogens (primary N) is 2. The van der Waals surface area contributed by atoms with Crippen LogP contribution >= 0.6 is 0 Å². The summed E-state index contributed by atoms with van der Waals surface area (Å²) in [6.45, 7) is 1.51. The number of rotatable bonds is 3. The maximum absolute atomic E-state index is 11.1. The van der Waals surface area contributed by atoms with Crippen molar-refractivity contribution < 1.29 is 4.79 Å². The van der Waals surface area contributed by atoms with Crippen molar-refractivity contribution in [1.29, 1.82) is 0 Å². The molecule has 0 radical (unpaired) electrons. The van der Waals surface area contributed by atoms with Gasteiger partial charge in [-0.1, -0.05) is 0 Å². The summed E-state index contributed by atoms with van der Waals surface area (Å²) >= 11 is 0. The van der Waals surface area contributed by atoms with E-state index in [1.54, 1.807) is 7.05 Å². The molecule has 2 heterocycles. The molecule has 0 aromatic carbocycles. The highest BCUT2D eigenvalue weighted by molar-refractivity contribution is 5.77. The number of anilines is 3. The molecule has 0 spiro atoms. The zero-order valence-corrected chi connectivity index (χ0v) is 10.4. The smallest absolute Gasteiger partial charge is 0.223 e. The standard InChI is InChI=1S/C11H18N6O/c1-14-8-6-9(16-11(13)15-8)17-4-2-7(3-5-17)10(12)18/h6-7H,2-5H2,1H3,(H2,12,18)(H3,13,14,15,16). The Hall–Kier alpha value is -2.05. The topological polar surface area (TPSA) is 110 Å². The molecular weight excluding hydrogens is 232 g/mol. The Balaban J connectivity index is 2.09. The van der Waals surface area contributed by atoms with Crippen molar-refractivity contribution in [2.75, 3.05) is 36.1 Å². The minimum atomic E-state index is -0.215. The van der Waals surface area contributed by atoms with Crippen LogP contribution in [-0.2, 0) is 4.79 Å². The van der Waals surface area contributed by atoms with Crippen LogP contribution in [0, 0.1) is 5.92 Å². The van der Waals surface area contributed by atoms with Crippen LogP contribution in [0.4, 0.5) is 17.6 Å². The van der Waals surface area contributed by atoms with E-state index in [0.29, 0.717) is 5.82 Å². The Morgan fingerprint density at radius 1 is 1.44 bits per heavy atom. The Kier molecular flexibility index (Phi) is 3.50. The summed E-state index contributed by atoms with van der Waals surface area (Å²) < 4.78 is 0. The molecule has 98 valence electrons. The van der Waals surface area contributed by atoms with Crippen molar-refractivity contribution >= 4 is 23.5 Å². The number of carbonyl (C=O) groups is 1. The number of piperidine rings is 1. The number of carbonyl (C=O) groups excluding carboxylic acids is 1. The van der Waals surface area contributed by atoms with Gasteiger partial charge < -0.3 is 21.7 Å². The van der Waals surface area contributed by atoms with Crippen LogP contribution in [0.25, 0.3) is 0 Å². The van der Waals surface area contributed by atoms with E-state index >= 15 is 0 Å². The van der Waals surface area contributed by atoms with E-state index in [2.05, 4.69) is 20.2 Å². The molecule has 18 heavy (non-hydrogen) atoms. The van der Waals surface area contributed by atoms with Gasteiger partial charge in [0.25, 0.3) is 0 Å². The van der Waals surface area contributed by atoms with Gasteiger partial charge >= 0.3 is 0 Å². The van der Waals surface area contributed by atoms with Gasteiger partial charge in [0.2, 0.25) is 11.9 Å². The summed E-state index contributed by atoms with van der Waals surface area (Å²) in [7, 11) is 1.78. The van der Waals surface area contributed by atoms with Gasteiger partial charge in [-0.3, -0.25) is 4.79 Å². The van der Waals surface area contributed by atoms with Crippen LogP contribution in [-0.4, -0.2) is 36.0 Å². The van der Waals surface area contributed by atoms with Gasteiger partial charge in [0.15, 0.2) is 0 Å². The van der Waals surface area contributed by atoms with Gasteiger partial charge in [0.1, 0.15) is 11.6 Å². The van der Waals surface area contributed by atoms with Gasteiger partial charge in [-0.2, -0.15) is 9.97 Å². The Bertz CT molecular complexity index is 441. The second-order valence-electron chi connectivity index (χ2n) is 4.38. The molecule has 1 aromatic heterocycles. The van der Waals surface area contributed by atoms with Crippen molar-refractivity contribution in [2.45, 2.75) is 12.8 Å². The molecule has 0 unspecified atom stereocenters. The third-order valence-corrected chi connectivity index (χ3v) is 3.21. The minimum Gasteiger partial charge on any atom is -0.373 e. The van der Waals surface area contributed by atoms with Gasteiger partial charge in [0, 0.05) is 32.1 Å². The lowest BCUT2D eigenvalue weighted by Gasteiger charge is -2.31. The van der Waals surface area contributed by atoms with E-state index in [9.17, 15) is 4.79 Å². The zero-order chi connectivity index (χ0) is 13.1. The van der Waals surface area contributed by atoms with Crippen LogP contribution < -0.4 is 21.7 Å². The molecule has 0 atom stereocenters. The summed E-state index contributed by atoms with van der Waals surface area (Å²) in [6, 6.07) is 1.85. The highest BCUT2D eigenvalue weighted by Gasteiger charge is 2.24. The Labute approximate surface area is 106 Å².